The maximum absolute atomic E-state index is 12.7. The quantitative estimate of drug-likeness (QED) is 0.597. The highest BCUT2D eigenvalue weighted by Gasteiger charge is 2.70. The Morgan fingerprint density at radius 2 is 1.89 bits per heavy atom. The first kappa shape index (κ1) is 25.6. The van der Waals surface area contributed by atoms with Crippen LogP contribution in [0.4, 0.5) is 0 Å². The van der Waals surface area contributed by atoms with E-state index in [-0.39, 0.29) is 23.2 Å². The van der Waals surface area contributed by atoms with Crippen LogP contribution in [0.1, 0.15) is 83.6 Å². The van der Waals surface area contributed by atoms with Crippen molar-refractivity contribution in [2.24, 2.45) is 28.6 Å². The van der Waals surface area contributed by atoms with Gasteiger partial charge in [-0.25, -0.2) is 4.79 Å². The van der Waals surface area contributed by atoms with Gasteiger partial charge in [-0.05, 0) is 79.7 Å². The van der Waals surface area contributed by atoms with Crippen molar-refractivity contribution in [2.45, 2.75) is 95.8 Å². The minimum Gasteiger partial charge on any atom is -0.462 e. The molecule has 5 fully saturated rings. The number of fused-ring (bicyclic) bond motifs is 5. The van der Waals surface area contributed by atoms with Gasteiger partial charge in [0.25, 0.3) is 0 Å². The highest BCUT2D eigenvalue weighted by Crippen LogP contribution is 2.71. The molecule has 7 nitrogen and oxygen atoms in total. The summed E-state index contributed by atoms with van der Waals surface area (Å²) in [6.45, 7) is 10.7. The second-order valence-corrected chi connectivity index (χ2v) is 13.3. The van der Waals surface area contributed by atoms with E-state index >= 15 is 0 Å². The van der Waals surface area contributed by atoms with Crippen molar-refractivity contribution in [2.75, 3.05) is 26.2 Å². The van der Waals surface area contributed by atoms with Crippen LogP contribution < -0.4 is 10.9 Å². The molecule has 0 radical (unpaired) electrons. The summed E-state index contributed by atoms with van der Waals surface area (Å²) in [4.78, 5) is 26.6. The Kier molecular flexibility index (Phi) is 6.36. The lowest BCUT2D eigenvalue weighted by atomic mass is 9.43. The Labute approximate surface area is 220 Å². The zero-order valence-corrected chi connectivity index (χ0v) is 22.7. The molecule has 2 heterocycles. The zero-order valence-electron chi connectivity index (χ0n) is 22.7. The van der Waals surface area contributed by atoms with E-state index in [1.807, 2.05) is 0 Å². The van der Waals surface area contributed by atoms with E-state index in [2.05, 4.69) is 24.1 Å². The Hall–Kier alpha value is -1.70. The molecule has 204 valence electrons. The molecule has 0 aromatic carbocycles. The fourth-order valence-corrected chi connectivity index (χ4v) is 10.0. The number of carbonyl (C=O) groups excluding carboxylic acids is 1. The molecule has 1 aliphatic heterocycles. The lowest BCUT2D eigenvalue weighted by molar-refractivity contribution is -0.204. The lowest BCUT2D eigenvalue weighted by Crippen LogP contribution is -2.62. The molecule has 1 aromatic heterocycles. The van der Waals surface area contributed by atoms with Crippen molar-refractivity contribution >= 4 is 5.97 Å². The number of nitrogens with zero attached hydrogens (tertiary/aromatic N) is 1. The number of aliphatic hydroxyl groups is 1. The summed E-state index contributed by atoms with van der Waals surface area (Å²) in [5, 5.41) is 16.2. The fraction of sp³-hybridized carbons (Fsp3) is 0.800. The maximum atomic E-state index is 12.7. The number of nitrogens with one attached hydrogen (secondary N) is 1. The summed E-state index contributed by atoms with van der Waals surface area (Å²) >= 11 is 0. The van der Waals surface area contributed by atoms with E-state index in [4.69, 9.17) is 9.15 Å². The Balaban J connectivity index is 1.29. The molecule has 6 rings (SSSR count). The highest BCUT2D eigenvalue weighted by molar-refractivity contribution is 5.66. The van der Waals surface area contributed by atoms with E-state index in [0.717, 1.165) is 51.0 Å². The smallest absolute Gasteiger partial charge is 0.335 e. The predicted molar refractivity (Wildman–Crippen MR) is 140 cm³/mol. The number of esters is 1. The van der Waals surface area contributed by atoms with Crippen molar-refractivity contribution in [3.05, 3.63) is 34.4 Å². The third-order valence-corrected chi connectivity index (χ3v) is 11.9. The molecule has 37 heavy (non-hydrogen) atoms. The molecule has 4 aliphatic carbocycles. The van der Waals surface area contributed by atoms with Gasteiger partial charge in [-0.1, -0.05) is 13.8 Å². The molecular weight excluding hydrogens is 468 g/mol. The Morgan fingerprint density at radius 1 is 1.11 bits per heavy atom. The Morgan fingerprint density at radius 3 is 2.59 bits per heavy atom. The van der Waals surface area contributed by atoms with Crippen LogP contribution in [0.25, 0.3) is 0 Å². The SMILES string of the molecule is CC(=O)OC1CC2(O)C3CCC4CC(N5CCNCC5)CCC4(C)C3CCC2(C)C1c1ccc(=O)oc1. The van der Waals surface area contributed by atoms with Crippen molar-refractivity contribution in [3.63, 3.8) is 0 Å². The highest BCUT2D eigenvalue weighted by atomic mass is 16.5. The molecule has 9 atom stereocenters. The van der Waals surface area contributed by atoms with Gasteiger partial charge in [-0.2, -0.15) is 0 Å². The minimum absolute atomic E-state index is 0.194. The van der Waals surface area contributed by atoms with E-state index < -0.39 is 22.7 Å². The van der Waals surface area contributed by atoms with Gasteiger partial charge in [0.15, 0.2) is 0 Å². The van der Waals surface area contributed by atoms with Gasteiger partial charge in [0.2, 0.25) is 0 Å². The molecule has 0 spiro atoms. The Bertz CT molecular complexity index is 1060. The fourth-order valence-electron chi connectivity index (χ4n) is 10.0. The van der Waals surface area contributed by atoms with Crippen molar-refractivity contribution in [3.8, 4) is 0 Å². The molecule has 1 saturated heterocycles. The summed E-state index contributed by atoms with van der Waals surface area (Å²) in [5.41, 5.74) is -0.661. The lowest BCUT2D eigenvalue weighted by Gasteiger charge is -2.64. The number of rotatable bonds is 3. The molecule has 5 aliphatic rings. The monoisotopic (exact) mass is 512 g/mol. The minimum atomic E-state index is -0.916. The second-order valence-electron chi connectivity index (χ2n) is 13.3. The molecule has 0 bridgehead atoms. The van der Waals surface area contributed by atoms with Crippen LogP contribution in [0.5, 0.6) is 0 Å². The first-order valence-corrected chi connectivity index (χ1v) is 14.6. The molecule has 9 unspecified atom stereocenters. The van der Waals surface area contributed by atoms with Gasteiger partial charge in [0.1, 0.15) is 6.10 Å². The van der Waals surface area contributed by atoms with Crippen LogP contribution in [0.2, 0.25) is 0 Å². The molecule has 0 amide bonds. The number of piperazine rings is 1. The van der Waals surface area contributed by atoms with Gasteiger partial charge < -0.3 is 19.6 Å². The third-order valence-electron chi connectivity index (χ3n) is 11.9. The zero-order chi connectivity index (χ0) is 26.0. The average molecular weight is 513 g/mol. The van der Waals surface area contributed by atoms with Crippen LogP contribution in [0.3, 0.4) is 0 Å². The van der Waals surface area contributed by atoms with Crippen molar-refractivity contribution in [1.29, 1.82) is 0 Å². The van der Waals surface area contributed by atoms with Crippen LogP contribution in [-0.4, -0.2) is 59.9 Å². The number of hydrogen-bond donors (Lipinski definition) is 2. The van der Waals surface area contributed by atoms with Gasteiger partial charge in [0.05, 0.1) is 11.9 Å². The standard InChI is InChI=1S/C30H44N2O5/c1-19(33)37-25-17-30(35)24-6-5-21-16-22(32-14-12-31-13-15-32)8-10-28(21,2)23(24)9-11-29(30,3)27(25)20-4-7-26(34)36-18-20/h4,7,18,21-25,27,31,35H,5-6,8-17H2,1-3H3. The van der Waals surface area contributed by atoms with Crippen molar-refractivity contribution < 1.29 is 19.1 Å². The summed E-state index contributed by atoms with van der Waals surface area (Å²) in [7, 11) is 0. The largest absolute Gasteiger partial charge is 0.462 e. The molecule has 4 saturated carbocycles. The van der Waals surface area contributed by atoms with Crippen LogP contribution >= 0.6 is 0 Å². The number of carbonyl (C=O) groups is 1. The molecule has 2 N–H and O–H groups in total. The topological polar surface area (TPSA) is 92.0 Å². The predicted octanol–water partition coefficient (Wildman–Crippen LogP) is 3.70. The van der Waals surface area contributed by atoms with Gasteiger partial charge in [0, 0.05) is 63.0 Å². The normalized spacial score (nSPS) is 45.9. The maximum Gasteiger partial charge on any atom is 0.335 e. The first-order valence-electron chi connectivity index (χ1n) is 14.6. The number of ether oxygens (including phenoxy) is 1. The summed E-state index contributed by atoms with van der Waals surface area (Å²) in [6, 6.07) is 3.94. The summed E-state index contributed by atoms with van der Waals surface area (Å²) in [5.74, 6) is 0.873. The van der Waals surface area contributed by atoms with E-state index in [9.17, 15) is 14.7 Å². The second kappa shape index (κ2) is 9.20. The summed E-state index contributed by atoms with van der Waals surface area (Å²) in [6.07, 6.45) is 9.51. The average Bonchev–Trinajstić information content (AvgIpc) is 3.10. The third kappa shape index (κ3) is 3.94. The van der Waals surface area contributed by atoms with E-state index in [1.54, 1.807) is 6.07 Å². The molecular formula is C30H44N2O5. The number of hydrogen-bond acceptors (Lipinski definition) is 7. The van der Waals surface area contributed by atoms with Gasteiger partial charge in [-0.15, -0.1) is 0 Å². The van der Waals surface area contributed by atoms with E-state index in [0.29, 0.717) is 24.3 Å². The van der Waals surface area contributed by atoms with Crippen LogP contribution in [0.15, 0.2) is 27.6 Å². The first-order chi connectivity index (χ1) is 17.7. The van der Waals surface area contributed by atoms with Crippen LogP contribution in [-0.2, 0) is 9.53 Å². The molecule has 7 heteroatoms. The van der Waals surface area contributed by atoms with E-state index in [1.165, 1.54) is 44.9 Å². The van der Waals surface area contributed by atoms with Crippen LogP contribution in [0, 0.1) is 28.6 Å². The molecule has 1 aromatic rings. The van der Waals surface area contributed by atoms with Gasteiger partial charge >= 0.3 is 11.6 Å². The van der Waals surface area contributed by atoms with Crippen molar-refractivity contribution in [1.82, 2.24) is 10.2 Å². The van der Waals surface area contributed by atoms with Gasteiger partial charge in [-0.3, -0.25) is 9.69 Å². The summed E-state index contributed by atoms with van der Waals surface area (Å²) < 4.78 is 11.1.